The molecule has 1 saturated carbocycles. The molecule has 7 nitrogen and oxygen atoms in total. The zero-order valence-corrected chi connectivity index (χ0v) is 19.8. The summed E-state index contributed by atoms with van der Waals surface area (Å²) in [4.78, 5) is 29.6. The number of hydrogen-bond acceptors (Lipinski definition) is 5. The van der Waals surface area contributed by atoms with E-state index < -0.39 is 57.7 Å². The summed E-state index contributed by atoms with van der Waals surface area (Å²) in [5.41, 5.74) is 2.27. The van der Waals surface area contributed by atoms with Crippen molar-refractivity contribution in [2.75, 3.05) is 13.1 Å². The number of carbonyl (C=O) groups is 2. The van der Waals surface area contributed by atoms with Crippen molar-refractivity contribution in [2.24, 2.45) is 11.8 Å². The third-order valence-corrected chi connectivity index (χ3v) is 9.20. The molecule has 4 rings (SSSR count). The van der Waals surface area contributed by atoms with E-state index in [1.54, 1.807) is 18.3 Å². The van der Waals surface area contributed by atoms with Crippen molar-refractivity contribution in [3.8, 4) is 11.1 Å². The van der Waals surface area contributed by atoms with Crippen LogP contribution in [-0.4, -0.2) is 59.5 Å². The molecule has 0 radical (unpaired) electrons. The number of carboxylic acid groups (broad SMARTS) is 1. The molecule has 1 aromatic carbocycles. The number of likely N-dealkylation sites (tertiary alicyclic amines) is 1. The van der Waals surface area contributed by atoms with Crippen molar-refractivity contribution in [2.45, 2.75) is 42.3 Å². The molecule has 1 aliphatic carbocycles. The van der Waals surface area contributed by atoms with E-state index in [1.165, 1.54) is 12.1 Å². The van der Waals surface area contributed by atoms with Crippen LogP contribution in [0.15, 0.2) is 41.4 Å². The summed E-state index contributed by atoms with van der Waals surface area (Å²) in [6, 6.07) is 8.08. The number of pyridine rings is 1. The second kappa shape index (κ2) is 8.88. The third kappa shape index (κ3) is 4.65. The first kappa shape index (κ1) is 24.5. The Labute approximate surface area is 200 Å². The first-order valence-corrected chi connectivity index (χ1v) is 12.7. The van der Waals surface area contributed by atoms with E-state index in [0.29, 0.717) is 5.56 Å². The van der Waals surface area contributed by atoms with Crippen LogP contribution in [0.2, 0.25) is 5.02 Å². The molecule has 2 fully saturated rings. The summed E-state index contributed by atoms with van der Waals surface area (Å²) >= 11 is 6.35. The third-order valence-electron chi connectivity index (χ3n) is 6.54. The van der Waals surface area contributed by atoms with Gasteiger partial charge < -0.3 is 10.0 Å². The van der Waals surface area contributed by atoms with Crippen molar-refractivity contribution in [3.05, 3.63) is 47.2 Å². The number of rotatable bonds is 5. The highest BCUT2D eigenvalue weighted by molar-refractivity contribution is 7.92. The maximum Gasteiger partial charge on any atom is 0.307 e. The van der Waals surface area contributed by atoms with Gasteiger partial charge in [-0.15, -0.1) is 0 Å². The summed E-state index contributed by atoms with van der Waals surface area (Å²) in [6.45, 7) is 0.853. The Morgan fingerprint density at radius 2 is 1.82 bits per heavy atom. The van der Waals surface area contributed by atoms with Gasteiger partial charge in [0.2, 0.25) is 5.91 Å². The lowest BCUT2D eigenvalue weighted by molar-refractivity contribution is -0.149. The number of aromatic nitrogens is 1. The Morgan fingerprint density at radius 1 is 1.15 bits per heavy atom. The Bertz CT molecular complexity index is 1250. The quantitative estimate of drug-likeness (QED) is 0.653. The van der Waals surface area contributed by atoms with Crippen LogP contribution in [0.5, 0.6) is 0 Å². The van der Waals surface area contributed by atoms with E-state index in [0.717, 1.165) is 16.2 Å². The molecule has 2 aliphatic rings. The minimum atomic E-state index is -4.08. The summed E-state index contributed by atoms with van der Waals surface area (Å²) in [6.07, 6.45) is 0.576. The first-order valence-electron chi connectivity index (χ1n) is 10.7. The fraction of sp³-hybridized carbons (Fsp3) is 0.435. The number of amides is 1. The summed E-state index contributed by atoms with van der Waals surface area (Å²) < 4.78 is 53.9. The normalized spacial score (nSPS) is 24.4. The van der Waals surface area contributed by atoms with Crippen molar-refractivity contribution in [1.29, 1.82) is 0 Å². The SMILES string of the molecule is Cc1cc(-c2ccc(S(=O)(=O)[C@H]3C[C@@H](C(=O)O)[C@H](C(=O)N4CCC(F)(F)C4)C3)c(Cl)c2)ccn1. The molecule has 1 N–H and O–H groups in total. The van der Waals surface area contributed by atoms with Gasteiger partial charge in [-0.3, -0.25) is 14.6 Å². The van der Waals surface area contributed by atoms with Crippen LogP contribution in [0, 0.1) is 18.8 Å². The Hall–Kier alpha value is -2.59. The van der Waals surface area contributed by atoms with Crippen LogP contribution in [0.3, 0.4) is 0 Å². The maximum absolute atomic E-state index is 13.6. The van der Waals surface area contributed by atoms with E-state index >= 15 is 0 Å². The van der Waals surface area contributed by atoms with Crippen molar-refractivity contribution < 1.29 is 31.9 Å². The van der Waals surface area contributed by atoms with Crippen LogP contribution in [0.25, 0.3) is 11.1 Å². The number of nitrogens with zero attached hydrogens (tertiary/aromatic N) is 2. The van der Waals surface area contributed by atoms with Gasteiger partial charge in [-0.05, 0) is 55.2 Å². The van der Waals surface area contributed by atoms with Crippen LogP contribution in [0.1, 0.15) is 25.0 Å². The van der Waals surface area contributed by atoms with E-state index in [1.807, 2.05) is 13.0 Å². The van der Waals surface area contributed by atoms with Crippen LogP contribution in [-0.2, 0) is 19.4 Å². The topological polar surface area (TPSA) is 105 Å². The van der Waals surface area contributed by atoms with Gasteiger partial charge in [0.25, 0.3) is 5.92 Å². The van der Waals surface area contributed by atoms with Gasteiger partial charge in [-0.2, -0.15) is 0 Å². The number of carboxylic acids is 1. The molecule has 0 spiro atoms. The second-order valence-corrected chi connectivity index (χ2v) is 11.5. The predicted molar refractivity (Wildman–Crippen MR) is 120 cm³/mol. The van der Waals surface area contributed by atoms with E-state index in [9.17, 15) is 31.9 Å². The second-order valence-electron chi connectivity index (χ2n) is 8.89. The lowest BCUT2D eigenvalue weighted by Gasteiger charge is -2.22. The van der Waals surface area contributed by atoms with Crippen LogP contribution < -0.4 is 0 Å². The summed E-state index contributed by atoms with van der Waals surface area (Å²) in [7, 11) is -4.08. The lowest BCUT2D eigenvalue weighted by atomic mass is 9.95. The number of halogens is 3. The van der Waals surface area contributed by atoms with Gasteiger partial charge >= 0.3 is 5.97 Å². The predicted octanol–water partition coefficient (Wildman–Crippen LogP) is 3.83. The van der Waals surface area contributed by atoms with E-state index in [4.69, 9.17) is 11.6 Å². The van der Waals surface area contributed by atoms with Gasteiger partial charge in [0.15, 0.2) is 9.84 Å². The van der Waals surface area contributed by atoms with Crippen molar-refractivity contribution in [3.63, 3.8) is 0 Å². The molecule has 11 heteroatoms. The number of aliphatic carboxylic acids is 1. The molecule has 0 unspecified atom stereocenters. The highest BCUT2D eigenvalue weighted by Gasteiger charge is 2.51. The number of carbonyl (C=O) groups excluding carboxylic acids is 1. The molecule has 3 atom stereocenters. The van der Waals surface area contributed by atoms with Crippen LogP contribution >= 0.6 is 11.6 Å². The maximum atomic E-state index is 13.6. The Kier molecular flexibility index (Phi) is 6.41. The molecule has 2 aromatic rings. The number of hydrogen-bond donors (Lipinski definition) is 1. The van der Waals surface area contributed by atoms with Crippen molar-refractivity contribution >= 4 is 33.3 Å². The van der Waals surface area contributed by atoms with Crippen molar-refractivity contribution in [1.82, 2.24) is 9.88 Å². The lowest BCUT2D eigenvalue weighted by Crippen LogP contribution is -2.39. The average Bonchev–Trinajstić information content (AvgIpc) is 3.37. The first-order chi connectivity index (χ1) is 15.9. The zero-order chi connectivity index (χ0) is 24.8. The molecule has 1 aliphatic heterocycles. The molecule has 0 bridgehead atoms. The molecule has 34 heavy (non-hydrogen) atoms. The smallest absolute Gasteiger partial charge is 0.307 e. The van der Waals surface area contributed by atoms with Gasteiger partial charge in [0, 0.05) is 24.9 Å². The summed E-state index contributed by atoms with van der Waals surface area (Å²) in [5.74, 6) is -7.56. The summed E-state index contributed by atoms with van der Waals surface area (Å²) in [5, 5.41) is 8.44. The van der Waals surface area contributed by atoms with E-state index in [-0.39, 0.29) is 29.3 Å². The Balaban J connectivity index is 1.60. The van der Waals surface area contributed by atoms with E-state index in [2.05, 4.69) is 4.98 Å². The van der Waals surface area contributed by atoms with Gasteiger partial charge in [0.1, 0.15) is 0 Å². The van der Waals surface area contributed by atoms with Gasteiger partial charge in [-0.1, -0.05) is 17.7 Å². The minimum absolute atomic E-state index is 0.0206. The molecule has 1 saturated heterocycles. The molecule has 2 heterocycles. The number of benzene rings is 1. The minimum Gasteiger partial charge on any atom is -0.481 e. The molecule has 1 amide bonds. The van der Waals surface area contributed by atoms with Gasteiger partial charge in [-0.25, -0.2) is 17.2 Å². The molecular weight excluding hydrogens is 490 g/mol. The average molecular weight is 513 g/mol. The van der Waals surface area contributed by atoms with Gasteiger partial charge in [0.05, 0.1) is 33.5 Å². The molecular formula is C23H23ClF2N2O5S. The monoisotopic (exact) mass is 512 g/mol. The highest BCUT2D eigenvalue weighted by atomic mass is 35.5. The van der Waals surface area contributed by atoms with Crippen LogP contribution in [0.4, 0.5) is 8.78 Å². The standard InChI is InChI=1S/C23H23ClF2N2O5S/c1-13-8-15(4-6-27-13)14-2-3-20(19(24)9-14)34(32,33)16-10-17(18(11-16)22(30)31)21(29)28-7-5-23(25,26)12-28/h2-4,6,8-9,16-18H,5,7,10-12H2,1H3,(H,30,31)/t16-,17-,18-/m1/s1. The Morgan fingerprint density at radius 3 is 2.41 bits per heavy atom. The largest absolute Gasteiger partial charge is 0.481 e. The molecule has 1 aromatic heterocycles. The molecule has 182 valence electrons. The highest BCUT2D eigenvalue weighted by Crippen LogP contribution is 2.42. The zero-order valence-electron chi connectivity index (χ0n) is 18.2. The fourth-order valence-electron chi connectivity index (χ4n) is 4.76. The number of sulfone groups is 1. The number of alkyl halides is 2. The fourth-order valence-corrected chi connectivity index (χ4v) is 7.14. The number of aryl methyl sites for hydroxylation is 1.